The average molecular weight is 733 g/mol. The van der Waals surface area contributed by atoms with Gasteiger partial charge < -0.3 is 31.5 Å². The van der Waals surface area contributed by atoms with E-state index in [1.165, 1.54) is 30.3 Å². The molecule has 2 heterocycles. The zero-order chi connectivity index (χ0) is 37.4. The Kier molecular flexibility index (Phi) is 10.2. The highest BCUT2D eigenvalue weighted by Crippen LogP contribution is 2.51. The van der Waals surface area contributed by atoms with E-state index in [0.717, 1.165) is 10.6 Å². The number of fused-ring (bicyclic) bond motifs is 2. The first kappa shape index (κ1) is 38.0. The van der Waals surface area contributed by atoms with Gasteiger partial charge in [0.25, 0.3) is 11.8 Å². The summed E-state index contributed by atoms with van der Waals surface area (Å²) in [6.45, 7) is -0.0757. The molecule has 0 saturated heterocycles. The number of carboxylic acid groups (broad SMARTS) is 2. The lowest BCUT2D eigenvalue weighted by molar-refractivity contribution is -0.455. The van der Waals surface area contributed by atoms with Gasteiger partial charge in [-0.15, -0.1) is 0 Å². The number of para-hydroxylation sites is 2. The molecule has 274 valence electrons. The van der Waals surface area contributed by atoms with Crippen LogP contribution in [0.3, 0.4) is 0 Å². The lowest BCUT2D eigenvalue weighted by Crippen LogP contribution is -2.67. The van der Waals surface area contributed by atoms with Crippen LogP contribution in [-0.2, 0) is 23.9 Å². The molecular weight excluding hydrogens is 706 g/mol. The molecule has 2 aromatic rings. The van der Waals surface area contributed by atoms with Crippen molar-refractivity contribution < 1.29 is 78.0 Å². The van der Waals surface area contributed by atoms with Gasteiger partial charge in [-0.2, -0.15) is 43.9 Å². The first-order chi connectivity index (χ1) is 23.0. The number of anilines is 2. The van der Waals surface area contributed by atoms with Crippen LogP contribution in [0.15, 0.2) is 48.5 Å². The SMILES string of the molecule is O=C(O)C(CC1CNc2ccccc21)NC(=O)C(F)(F)C(F)(F)C(F)(F)OC(F)(C(=O)NC(CC1CNc2ccccc21)C(=O)O)C(F)(F)F. The number of aliphatic carboxylic acids is 2. The molecule has 2 aromatic carbocycles. The Morgan fingerprint density at radius 3 is 1.50 bits per heavy atom. The molecule has 11 nitrogen and oxygen atoms in total. The number of carboxylic acids is 2. The van der Waals surface area contributed by atoms with Crippen LogP contribution >= 0.6 is 0 Å². The average Bonchev–Trinajstić information content (AvgIpc) is 3.63. The van der Waals surface area contributed by atoms with Crippen molar-refractivity contribution >= 4 is 35.1 Å². The minimum atomic E-state index is -7.39. The van der Waals surface area contributed by atoms with Crippen LogP contribution in [0, 0.1) is 0 Å². The third-order valence-electron chi connectivity index (χ3n) is 8.10. The van der Waals surface area contributed by atoms with E-state index in [9.17, 15) is 68.9 Å². The first-order valence-corrected chi connectivity index (χ1v) is 14.4. The van der Waals surface area contributed by atoms with E-state index >= 15 is 4.39 Å². The molecule has 2 amide bonds. The molecule has 5 atom stereocenters. The predicted molar refractivity (Wildman–Crippen MR) is 150 cm³/mol. The molecule has 0 aliphatic carbocycles. The summed E-state index contributed by atoms with van der Waals surface area (Å²) in [5.74, 6) is -33.5. The number of carbonyl (C=O) groups is 4. The number of amides is 2. The number of nitrogens with one attached hydrogen (secondary N) is 4. The standard InChI is InChI=1S/C29H26F10N4O7/c30-25(31,23(48)42-19(21(44)45)9-13-11-40-17-7-3-1-5-15(13)17)27(33,34)29(38,39)50-26(32,28(35,36)37)24(49)43-20(22(46)47)10-14-12-41-18-8-4-2-6-16(14)18/h1-8,13-14,19-20,40-41H,9-12H2,(H,42,48)(H,43,49)(H,44,45)(H,46,47). The second kappa shape index (κ2) is 13.5. The fraction of sp³-hybridized carbons (Fsp3) is 0.448. The van der Waals surface area contributed by atoms with E-state index in [2.05, 4.69) is 15.4 Å². The van der Waals surface area contributed by atoms with Crippen LogP contribution in [0.5, 0.6) is 0 Å². The second-order valence-electron chi connectivity index (χ2n) is 11.4. The summed E-state index contributed by atoms with van der Waals surface area (Å²) in [4.78, 5) is 48.0. The van der Waals surface area contributed by atoms with Gasteiger partial charge in [0.15, 0.2) is 0 Å². The molecule has 0 spiro atoms. The van der Waals surface area contributed by atoms with E-state index in [0.29, 0.717) is 22.5 Å². The van der Waals surface area contributed by atoms with Gasteiger partial charge in [-0.25, -0.2) is 9.59 Å². The van der Waals surface area contributed by atoms with Crippen LogP contribution in [0.1, 0.15) is 35.8 Å². The van der Waals surface area contributed by atoms with Gasteiger partial charge in [0, 0.05) is 36.3 Å². The number of halogens is 10. The van der Waals surface area contributed by atoms with Gasteiger partial charge in [0.2, 0.25) is 0 Å². The van der Waals surface area contributed by atoms with Crippen molar-refractivity contribution in [3.8, 4) is 0 Å². The van der Waals surface area contributed by atoms with Crippen molar-refractivity contribution in [1.82, 2.24) is 10.6 Å². The minimum Gasteiger partial charge on any atom is -0.480 e. The fourth-order valence-electron chi connectivity index (χ4n) is 5.45. The summed E-state index contributed by atoms with van der Waals surface area (Å²) in [7, 11) is 0. The van der Waals surface area contributed by atoms with Crippen LogP contribution in [0.2, 0.25) is 0 Å². The van der Waals surface area contributed by atoms with Crippen molar-refractivity contribution in [1.29, 1.82) is 0 Å². The minimum absolute atomic E-state index is 0.0247. The Morgan fingerprint density at radius 1 is 0.700 bits per heavy atom. The smallest absolute Gasteiger partial charge is 0.458 e. The topological polar surface area (TPSA) is 166 Å². The van der Waals surface area contributed by atoms with Crippen LogP contribution in [0.4, 0.5) is 55.3 Å². The van der Waals surface area contributed by atoms with Crippen LogP contribution in [0.25, 0.3) is 0 Å². The van der Waals surface area contributed by atoms with Gasteiger partial charge in [-0.3, -0.25) is 14.3 Å². The number of benzene rings is 2. The Labute approximate surface area is 274 Å². The molecule has 2 aliphatic heterocycles. The number of hydrogen-bond acceptors (Lipinski definition) is 7. The highest BCUT2D eigenvalue weighted by molar-refractivity contribution is 5.90. The summed E-state index contributed by atoms with van der Waals surface area (Å²) in [5, 5.41) is 26.3. The molecule has 0 radical (unpaired) electrons. The van der Waals surface area contributed by atoms with Gasteiger partial charge in [0.1, 0.15) is 12.1 Å². The summed E-state index contributed by atoms with van der Waals surface area (Å²) in [5.41, 5.74) is 1.74. The van der Waals surface area contributed by atoms with Crippen molar-refractivity contribution in [2.45, 2.75) is 66.7 Å². The summed E-state index contributed by atoms with van der Waals surface area (Å²) < 4.78 is 147. The fourth-order valence-corrected chi connectivity index (χ4v) is 5.45. The van der Waals surface area contributed by atoms with Gasteiger partial charge in [-0.1, -0.05) is 36.4 Å². The monoisotopic (exact) mass is 732 g/mol. The van der Waals surface area contributed by atoms with Crippen molar-refractivity contribution in [3.05, 3.63) is 59.7 Å². The molecule has 0 aromatic heterocycles. The Morgan fingerprint density at radius 2 is 1.10 bits per heavy atom. The Bertz CT molecular complexity index is 1640. The van der Waals surface area contributed by atoms with Crippen molar-refractivity contribution in [2.24, 2.45) is 0 Å². The molecule has 21 heteroatoms. The summed E-state index contributed by atoms with van der Waals surface area (Å²) in [6, 6.07) is 7.21. The van der Waals surface area contributed by atoms with Crippen molar-refractivity contribution in [3.63, 3.8) is 0 Å². The normalized spacial score (nSPS) is 19.9. The zero-order valence-electron chi connectivity index (χ0n) is 25.0. The van der Waals surface area contributed by atoms with Crippen LogP contribution < -0.4 is 21.3 Å². The van der Waals surface area contributed by atoms with Gasteiger partial charge in [-0.05, 0) is 36.1 Å². The molecule has 0 bridgehead atoms. The van der Waals surface area contributed by atoms with Crippen LogP contribution in [-0.4, -0.2) is 89.1 Å². The molecule has 6 N–H and O–H groups in total. The summed E-state index contributed by atoms with van der Waals surface area (Å²) >= 11 is 0. The number of alkyl halides is 10. The third kappa shape index (κ3) is 7.08. The van der Waals surface area contributed by atoms with E-state index in [1.807, 2.05) is 0 Å². The van der Waals surface area contributed by atoms with E-state index in [4.69, 9.17) is 0 Å². The molecule has 0 fully saturated rings. The van der Waals surface area contributed by atoms with E-state index in [-0.39, 0.29) is 13.1 Å². The Hall–Kier alpha value is -4.82. The zero-order valence-corrected chi connectivity index (χ0v) is 25.0. The highest BCUT2D eigenvalue weighted by atomic mass is 19.4. The molecule has 0 saturated carbocycles. The predicted octanol–water partition coefficient (Wildman–Crippen LogP) is 4.43. The highest BCUT2D eigenvalue weighted by Gasteiger charge is 2.81. The van der Waals surface area contributed by atoms with Gasteiger partial charge in [0.05, 0.1) is 0 Å². The van der Waals surface area contributed by atoms with Gasteiger partial charge >= 0.3 is 41.9 Å². The lowest BCUT2D eigenvalue weighted by atomic mass is 9.93. The quantitative estimate of drug-likeness (QED) is 0.154. The lowest BCUT2D eigenvalue weighted by Gasteiger charge is -2.36. The number of hydrogen-bond donors (Lipinski definition) is 6. The molecular formula is C29H26F10N4O7. The summed E-state index contributed by atoms with van der Waals surface area (Å²) in [6.07, 6.45) is -15.9. The largest absolute Gasteiger partial charge is 0.480 e. The first-order valence-electron chi connectivity index (χ1n) is 14.4. The molecule has 50 heavy (non-hydrogen) atoms. The second-order valence-corrected chi connectivity index (χ2v) is 11.4. The number of rotatable bonds is 14. The number of carbonyl (C=O) groups excluding carboxylic acids is 2. The maximum absolute atomic E-state index is 15.1. The maximum Gasteiger partial charge on any atom is 0.458 e. The Balaban J connectivity index is 1.53. The number of ether oxygens (including phenoxy) is 1. The maximum atomic E-state index is 15.1. The van der Waals surface area contributed by atoms with E-state index < -0.39 is 90.5 Å². The van der Waals surface area contributed by atoms with E-state index in [1.54, 1.807) is 18.2 Å². The molecule has 4 rings (SSSR count). The molecule has 5 unspecified atom stereocenters. The van der Waals surface area contributed by atoms with Crippen molar-refractivity contribution in [2.75, 3.05) is 23.7 Å². The molecule has 2 aliphatic rings. The third-order valence-corrected chi connectivity index (χ3v) is 8.10.